The molecule has 0 bridgehead atoms. The van der Waals surface area contributed by atoms with Crippen molar-refractivity contribution in [1.29, 1.82) is 0 Å². The van der Waals surface area contributed by atoms with Gasteiger partial charge in [0.1, 0.15) is 5.82 Å². The van der Waals surface area contributed by atoms with Crippen LogP contribution in [-0.2, 0) is 0 Å². The molecule has 1 atom stereocenters. The maximum atomic E-state index is 12.9. The molecule has 1 rings (SSSR count). The fourth-order valence-corrected chi connectivity index (χ4v) is 2.01. The lowest BCUT2D eigenvalue weighted by molar-refractivity contribution is 0.584. The molecule has 5 heteroatoms. The van der Waals surface area contributed by atoms with Gasteiger partial charge in [-0.15, -0.1) is 0 Å². The Morgan fingerprint density at radius 1 is 1.53 bits per heavy atom. The van der Waals surface area contributed by atoms with Crippen molar-refractivity contribution >= 4 is 11.8 Å². The molecule has 1 unspecified atom stereocenters. The molecule has 0 fully saturated rings. The van der Waals surface area contributed by atoms with E-state index in [0.29, 0.717) is 5.25 Å². The average molecular weight is 229 g/mol. The number of nitrogens with one attached hydrogen (secondary N) is 1. The Hall–Kier alpha value is -0.650. The molecule has 0 aliphatic heterocycles. The van der Waals surface area contributed by atoms with E-state index in [0.717, 1.165) is 11.3 Å². The van der Waals surface area contributed by atoms with Gasteiger partial charge >= 0.3 is 0 Å². The lowest BCUT2D eigenvalue weighted by atomic mass is 10.1. The largest absolute Gasteiger partial charge is 0.271 e. The van der Waals surface area contributed by atoms with Gasteiger partial charge in [-0.05, 0) is 16.9 Å². The fourth-order valence-electron chi connectivity index (χ4n) is 1.15. The number of hydrogen-bond donors (Lipinski definition) is 2. The van der Waals surface area contributed by atoms with E-state index >= 15 is 0 Å². The van der Waals surface area contributed by atoms with Gasteiger partial charge in [0, 0.05) is 11.9 Å². The standard InChI is InChI=1S/C10H16FN3S/c1-7(2)15-6-10(14-12)8-3-9(11)5-13-4-8/h3-5,7,10,14H,6,12H2,1-2H3. The molecule has 15 heavy (non-hydrogen) atoms. The van der Waals surface area contributed by atoms with Crippen LogP contribution in [0.2, 0.25) is 0 Å². The van der Waals surface area contributed by atoms with Gasteiger partial charge in [0.2, 0.25) is 0 Å². The highest BCUT2D eigenvalue weighted by molar-refractivity contribution is 7.99. The predicted molar refractivity (Wildman–Crippen MR) is 61.9 cm³/mol. The van der Waals surface area contributed by atoms with E-state index < -0.39 is 0 Å². The minimum atomic E-state index is -0.331. The summed E-state index contributed by atoms with van der Waals surface area (Å²) in [7, 11) is 0. The van der Waals surface area contributed by atoms with E-state index in [1.54, 1.807) is 18.0 Å². The van der Waals surface area contributed by atoms with Crippen LogP contribution in [0, 0.1) is 5.82 Å². The van der Waals surface area contributed by atoms with Crippen LogP contribution in [0.15, 0.2) is 18.5 Å². The minimum Gasteiger partial charge on any atom is -0.271 e. The van der Waals surface area contributed by atoms with Crippen molar-refractivity contribution in [2.45, 2.75) is 25.1 Å². The molecule has 0 aliphatic carbocycles. The smallest absolute Gasteiger partial charge is 0.141 e. The molecule has 3 nitrogen and oxygen atoms in total. The first-order valence-electron chi connectivity index (χ1n) is 4.81. The normalized spacial score (nSPS) is 13.1. The van der Waals surface area contributed by atoms with Crippen LogP contribution in [0.1, 0.15) is 25.5 Å². The Morgan fingerprint density at radius 2 is 2.27 bits per heavy atom. The van der Waals surface area contributed by atoms with Crippen molar-refractivity contribution in [3.63, 3.8) is 0 Å². The van der Waals surface area contributed by atoms with E-state index in [2.05, 4.69) is 24.3 Å². The lowest BCUT2D eigenvalue weighted by Crippen LogP contribution is -2.30. The Labute approximate surface area is 93.6 Å². The second kappa shape index (κ2) is 6.05. The summed E-state index contributed by atoms with van der Waals surface area (Å²) in [6.07, 6.45) is 2.82. The summed E-state index contributed by atoms with van der Waals surface area (Å²) in [6, 6.07) is 1.40. The maximum Gasteiger partial charge on any atom is 0.141 e. The van der Waals surface area contributed by atoms with Gasteiger partial charge in [-0.1, -0.05) is 13.8 Å². The van der Waals surface area contributed by atoms with E-state index in [9.17, 15) is 4.39 Å². The molecule has 0 saturated heterocycles. The molecule has 0 aromatic carbocycles. The zero-order valence-electron chi connectivity index (χ0n) is 8.90. The summed E-state index contributed by atoms with van der Waals surface area (Å²) < 4.78 is 12.9. The third kappa shape index (κ3) is 4.15. The topological polar surface area (TPSA) is 50.9 Å². The number of aromatic nitrogens is 1. The van der Waals surface area contributed by atoms with E-state index in [4.69, 9.17) is 5.84 Å². The summed E-state index contributed by atoms with van der Waals surface area (Å²) >= 11 is 1.77. The SMILES string of the molecule is CC(C)SCC(NN)c1cncc(F)c1. The Morgan fingerprint density at radius 3 is 2.80 bits per heavy atom. The van der Waals surface area contributed by atoms with Crippen LogP contribution in [-0.4, -0.2) is 16.0 Å². The zero-order valence-corrected chi connectivity index (χ0v) is 9.72. The predicted octanol–water partition coefficient (Wildman–Crippen LogP) is 1.87. The van der Waals surface area contributed by atoms with E-state index in [1.165, 1.54) is 12.3 Å². The number of halogens is 1. The monoisotopic (exact) mass is 229 g/mol. The Bertz CT molecular complexity index is 306. The molecule has 1 heterocycles. The van der Waals surface area contributed by atoms with Gasteiger partial charge in [0.25, 0.3) is 0 Å². The summed E-state index contributed by atoms with van der Waals surface area (Å²) in [4.78, 5) is 3.80. The van der Waals surface area contributed by atoms with Crippen molar-refractivity contribution in [2.24, 2.45) is 5.84 Å². The highest BCUT2D eigenvalue weighted by atomic mass is 32.2. The second-order valence-corrected chi connectivity index (χ2v) is 5.15. The number of thioether (sulfide) groups is 1. The third-order valence-corrected chi connectivity index (χ3v) is 3.12. The second-order valence-electron chi connectivity index (χ2n) is 3.54. The maximum absolute atomic E-state index is 12.9. The highest BCUT2D eigenvalue weighted by Gasteiger charge is 2.11. The lowest BCUT2D eigenvalue weighted by Gasteiger charge is -2.16. The quantitative estimate of drug-likeness (QED) is 0.598. The molecule has 0 amide bonds. The molecule has 1 aromatic rings. The first kappa shape index (κ1) is 12.4. The number of hydrogen-bond acceptors (Lipinski definition) is 4. The summed E-state index contributed by atoms with van der Waals surface area (Å²) in [5, 5.41) is 0.530. The Balaban J connectivity index is 2.65. The van der Waals surface area contributed by atoms with Crippen LogP contribution in [0.25, 0.3) is 0 Å². The molecular formula is C10H16FN3S. The molecule has 84 valence electrons. The van der Waals surface area contributed by atoms with Crippen LogP contribution in [0.3, 0.4) is 0 Å². The number of nitrogens with zero attached hydrogens (tertiary/aromatic N) is 1. The van der Waals surface area contributed by atoms with Crippen LogP contribution >= 0.6 is 11.8 Å². The first-order chi connectivity index (χ1) is 7.13. The van der Waals surface area contributed by atoms with Crippen LogP contribution in [0.5, 0.6) is 0 Å². The third-order valence-electron chi connectivity index (χ3n) is 1.93. The van der Waals surface area contributed by atoms with Crippen molar-refractivity contribution < 1.29 is 4.39 Å². The fraction of sp³-hybridized carbons (Fsp3) is 0.500. The molecule has 0 radical (unpaired) electrons. The van der Waals surface area contributed by atoms with Crippen molar-refractivity contribution in [3.05, 3.63) is 29.8 Å². The number of pyridine rings is 1. The van der Waals surface area contributed by atoms with Gasteiger partial charge < -0.3 is 0 Å². The van der Waals surface area contributed by atoms with Crippen LogP contribution < -0.4 is 11.3 Å². The molecule has 3 N–H and O–H groups in total. The first-order valence-corrected chi connectivity index (χ1v) is 5.86. The van der Waals surface area contributed by atoms with Crippen molar-refractivity contribution in [3.8, 4) is 0 Å². The zero-order chi connectivity index (χ0) is 11.3. The van der Waals surface area contributed by atoms with Gasteiger partial charge in [0.15, 0.2) is 0 Å². The van der Waals surface area contributed by atoms with Gasteiger partial charge in [-0.25, -0.2) is 4.39 Å². The van der Waals surface area contributed by atoms with Crippen LogP contribution in [0.4, 0.5) is 4.39 Å². The Kier molecular flexibility index (Phi) is 5.01. The number of hydrazine groups is 1. The molecule has 0 spiro atoms. The number of nitrogens with two attached hydrogens (primary N) is 1. The van der Waals surface area contributed by atoms with Crippen molar-refractivity contribution in [1.82, 2.24) is 10.4 Å². The average Bonchev–Trinajstić information content (AvgIpc) is 2.18. The molecule has 0 aliphatic rings. The summed E-state index contributed by atoms with van der Waals surface area (Å²) in [6.45, 7) is 4.23. The molecule has 0 saturated carbocycles. The van der Waals surface area contributed by atoms with E-state index in [-0.39, 0.29) is 11.9 Å². The van der Waals surface area contributed by atoms with Gasteiger partial charge in [-0.2, -0.15) is 11.8 Å². The summed E-state index contributed by atoms with van der Waals surface area (Å²) in [5.74, 6) is 5.90. The molecule has 1 aromatic heterocycles. The minimum absolute atomic E-state index is 0.0550. The molecular weight excluding hydrogens is 213 g/mol. The van der Waals surface area contributed by atoms with Crippen molar-refractivity contribution in [2.75, 3.05) is 5.75 Å². The summed E-state index contributed by atoms with van der Waals surface area (Å²) in [5.41, 5.74) is 3.46. The van der Waals surface area contributed by atoms with Gasteiger partial charge in [-0.3, -0.25) is 16.3 Å². The van der Waals surface area contributed by atoms with Gasteiger partial charge in [0.05, 0.1) is 12.2 Å². The van der Waals surface area contributed by atoms with E-state index in [1.807, 2.05) is 0 Å². The number of rotatable bonds is 5. The highest BCUT2D eigenvalue weighted by Crippen LogP contribution is 2.20.